The summed E-state index contributed by atoms with van der Waals surface area (Å²) >= 11 is 0. The van der Waals surface area contributed by atoms with Gasteiger partial charge in [0.2, 0.25) is 0 Å². The van der Waals surface area contributed by atoms with Gasteiger partial charge in [-0.25, -0.2) is 4.79 Å². The molecule has 1 amide bonds. The largest absolute Gasteiger partial charge is 0.491 e. The van der Waals surface area contributed by atoms with Gasteiger partial charge in [0, 0.05) is 0 Å². The Labute approximate surface area is 85.7 Å². The average Bonchev–Trinajstić information content (AvgIpc) is 2.40. The highest BCUT2D eigenvalue weighted by atomic mass is 16.5. The van der Waals surface area contributed by atoms with Gasteiger partial charge >= 0.3 is 5.97 Å². The van der Waals surface area contributed by atoms with Crippen LogP contribution in [0, 0.1) is 0 Å². The van der Waals surface area contributed by atoms with E-state index in [-0.39, 0.29) is 17.0 Å². The predicted molar refractivity (Wildman–Crippen MR) is 51.2 cm³/mol. The van der Waals surface area contributed by atoms with E-state index in [0.29, 0.717) is 18.9 Å². The highest BCUT2D eigenvalue weighted by Crippen LogP contribution is 2.21. The van der Waals surface area contributed by atoms with E-state index in [4.69, 9.17) is 9.84 Å². The van der Waals surface area contributed by atoms with Gasteiger partial charge in [-0.05, 0) is 18.2 Å². The first-order valence-corrected chi connectivity index (χ1v) is 4.47. The molecule has 0 saturated carbocycles. The molecular weight excluding hydrogens is 198 g/mol. The average molecular weight is 207 g/mol. The van der Waals surface area contributed by atoms with Crippen LogP contribution in [0.15, 0.2) is 18.2 Å². The Morgan fingerprint density at radius 2 is 2.27 bits per heavy atom. The van der Waals surface area contributed by atoms with E-state index in [0.717, 1.165) is 0 Å². The van der Waals surface area contributed by atoms with Crippen LogP contribution in [0.4, 0.5) is 0 Å². The van der Waals surface area contributed by atoms with Gasteiger partial charge in [0.05, 0.1) is 17.7 Å². The van der Waals surface area contributed by atoms with Gasteiger partial charge in [0.1, 0.15) is 12.4 Å². The van der Waals surface area contributed by atoms with Crippen molar-refractivity contribution in [2.75, 3.05) is 13.2 Å². The van der Waals surface area contributed by atoms with Gasteiger partial charge in [-0.1, -0.05) is 0 Å². The first-order valence-electron chi connectivity index (χ1n) is 4.47. The van der Waals surface area contributed by atoms with Crippen LogP contribution in [-0.4, -0.2) is 30.1 Å². The van der Waals surface area contributed by atoms with Crippen LogP contribution in [0.1, 0.15) is 20.7 Å². The number of ether oxygens (including phenoxy) is 1. The monoisotopic (exact) mass is 207 g/mol. The maximum absolute atomic E-state index is 11.5. The van der Waals surface area contributed by atoms with Gasteiger partial charge in [-0.15, -0.1) is 0 Å². The van der Waals surface area contributed by atoms with Crippen LogP contribution in [0.25, 0.3) is 0 Å². The normalized spacial score (nSPS) is 14.5. The number of nitrogens with one attached hydrogen (secondary N) is 1. The maximum atomic E-state index is 11.5. The molecule has 1 heterocycles. The molecule has 5 heteroatoms. The number of benzene rings is 1. The zero-order chi connectivity index (χ0) is 10.8. The lowest BCUT2D eigenvalue weighted by atomic mass is 10.1. The highest BCUT2D eigenvalue weighted by Gasteiger charge is 2.18. The quantitative estimate of drug-likeness (QED) is 0.703. The van der Waals surface area contributed by atoms with Crippen molar-refractivity contribution in [2.45, 2.75) is 0 Å². The van der Waals surface area contributed by atoms with Crippen molar-refractivity contribution in [2.24, 2.45) is 0 Å². The lowest BCUT2D eigenvalue weighted by Gasteiger charge is -2.05. The molecule has 15 heavy (non-hydrogen) atoms. The third-order valence-corrected chi connectivity index (χ3v) is 2.12. The number of carboxylic acids is 1. The minimum atomic E-state index is -1.06. The maximum Gasteiger partial charge on any atom is 0.335 e. The number of carbonyl (C=O) groups is 2. The summed E-state index contributed by atoms with van der Waals surface area (Å²) in [5.41, 5.74) is 0.349. The second-order valence-electron chi connectivity index (χ2n) is 3.12. The van der Waals surface area contributed by atoms with Crippen LogP contribution in [0.3, 0.4) is 0 Å². The highest BCUT2D eigenvalue weighted by molar-refractivity contribution is 6.00. The number of hydrogen-bond donors (Lipinski definition) is 2. The third-order valence-electron chi connectivity index (χ3n) is 2.12. The molecule has 0 unspecified atom stereocenters. The van der Waals surface area contributed by atoms with E-state index in [1.807, 2.05) is 0 Å². The number of amides is 1. The molecule has 0 spiro atoms. The van der Waals surface area contributed by atoms with Crippen LogP contribution >= 0.6 is 0 Å². The first-order chi connectivity index (χ1) is 7.18. The molecule has 78 valence electrons. The van der Waals surface area contributed by atoms with Crippen molar-refractivity contribution in [3.05, 3.63) is 29.3 Å². The van der Waals surface area contributed by atoms with Crippen LogP contribution in [0.5, 0.6) is 5.75 Å². The molecule has 0 atom stereocenters. The van der Waals surface area contributed by atoms with Crippen LogP contribution in [0.2, 0.25) is 0 Å². The summed E-state index contributed by atoms with van der Waals surface area (Å²) in [6.07, 6.45) is 0. The number of hydrogen-bond acceptors (Lipinski definition) is 3. The molecule has 5 nitrogen and oxygen atoms in total. The van der Waals surface area contributed by atoms with Crippen molar-refractivity contribution in [1.82, 2.24) is 5.32 Å². The molecule has 1 aromatic rings. The number of carboxylic acid groups (broad SMARTS) is 1. The summed E-state index contributed by atoms with van der Waals surface area (Å²) in [6.45, 7) is 0.821. The molecule has 0 saturated heterocycles. The fourth-order valence-corrected chi connectivity index (χ4v) is 1.39. The number of aromatic carboxylic acids is 1. The third kappa shape index (κ3) is 1.76. The van der Waals surface area contributed by atoms with E-state index < -0.39 is 5.97 Å². The molecule has 0 bridgehead atoms. The molecule has 0 aliphatic carbocycles. The lowest BCUT2D eigenvalue weighted by Crippen LogP contribution is -2.24. The summed E-state index contributed by atoms with van der Waals surface area (Å²) < 4.78 is 5.28. The van der Waals surface area contributed by atoms with E-state index in [9.17, 15) is 9.59 Å². The van der Waals surface area contributed by atoms with E-state index in [1.54, 1.807) is 0 Å². The molecule has 1 aliphatic heterocycles. The van der Waals surface area contributed by atoms with Crippen molar-refractivity contribution >= 4 is 11.9 Å². The number of carbonyl (C=O) groups excluding carboxylic acids is 1. The zero-order valence-corrected chi connectivity index (χ0v) is 7.82. The molecule has 0 aromatic heterocycles. The predicted octanol–water partition coefficient (Wildman–Crippen LogP) is 0.507. The fourth-order valence-electron chi connectivity index (χ4n) is 1.39. The Morgan fingerprint density at radius 1 is 1.47 bits per heavy atom. The Bertz CT molecular complexity index is 427. The second-order valence-corrected chi connectivity index (χ2v) is 3.12. The molecule has 0 fully saturated rings. The lowest BCUT2D eigenvalue weighted by molar-refractivity contribution is 0.0697. The van der Waals surface area contributed by atoms with Gasteiger partial charge < -0.3 is 15.2 Å². The molecule has 0 radical (unpaired) electrons. The van der Waals surface area contributed by atoms with Gasteiger partial charge in [-0.3, -0.25) is 4.79 Å². The minimum Gasteiger partial charge on any atom is -0.491 e. The zero-order valence-electron chi connectivity index (χ0n) is 7.82. The summed E-state index contributed by atoms with van der Waals surface area (Å²) in [6, 6.07) is 4.24. The molecule has 1 aromatic carbocycles. The van der Waals surface area contributed by atoms with Gasteiger partial charge in [-0.2, -0.15) is 0 Å². The Morgan fingerprint density at radius 3 is 3.00 bits per heavy atom. The molecule has 2 rings (SSSR count). The summed E-state index contributed by atoms with van der Waals surface area (Å²) in [5, 5.41) is 11.4. The fraction of sp³-hybridized carbons (Fsp3) is 0.200. The topological polar surface area (TPSA) is 75.6 Å². The first kappa shape index (κ1) is 9.51. The Kier molecular flexibility index (Phi) is 2.29. The smallest absolute Gasteiger partial charge is 0.335 e. The molecule has 1 aliphatic rings. The molecule has 2 N–H and O–H groups in total. The Balaban J connectivity index is 2.48. The van der Waals surface area contributed by atoms with E-state index in [1.165, 1.54) is 18.2 Å². The van der Waals surface area contributed by atoms with Gasteiger partial charge in [0.25, 0.3) is 5.91 Å². The van der Waals surface area contributed by atoms with Crippen LogP contribution in [-0.2, 0) is 0 Å². The Hall–Kier alpha value is -2.04. The van der Waals surface area contributed by atoms with E-state index in [2.05, 4.69) is 5.32 Å². The number of rotatable bonds is 1. The summed E-state index contributed by atoms with van der Waals surface area (Å²) in [7, 11) is 0. The summed E-state index contributed by atoms with van der Waals surface area (Å²) in [4.78, 5) is 22.2. The van der Waals surface area contributed by atoms with Crippen molar-refractivity contribution in [1.29, 1.82) is 0 Å². The second kappa shape index (κ2) is 3.61. The SMILES string of the molecule is O=C(O)c1ccc2c(c1)C(=O)NCCO2. The van der Waals surface area contributed by atoms with Crippen LogP contribution < -0.4 is 10.1 Å². The standard InChI is InChI=1S/C10H9NO4/c12-9-7-5-6(10(13)14)1-2-8(7)15-4-3-11-9/h1-2,5H,3-4H2,(H,11,12)(H,13,14). The number of fused-ring (bicyclic) bond motifs is 1. The van der Waals surface area contributed by atoms with Crippen molar-refractivity contribution < 1.29 is 19.4 Å². The van der Waals surface area contributed by atoms with E-state index >= 15 is 0 Å². The van der Waals surface area contributed by atoms with Crippen molar-refractivity contribution in [3.8, 4) is 5.75 Å². The van der Waals surface area contributed by atoms with Crippen molar-refractivity contribution in [3.63, 3.8) is 0 Å². The van der Waals surface area contributed by atoms with Gasteiger partial charge in [0.15, 0.2) is 0 Å². The summed E-state index contributed by atoms with van der Waals surface area (Å²) in [5.74, 6) is -0.935. The minimum absolute atomic E-state index is 0.0781. The molecular formula is C10H9NO4.